The highest BCUT2D eigenvalue weighted by Crippen LogP contribution is 2.21. The average Bonchev–Trinajstić information content (AvgIpc) is 2.98. The lowest BCUT2D eigenvalue weighted by molar-refractivity contribution is -0.552. The lowest BCUT2D eigenvalue weighted by Crippen LogP contribution is -2.43. The normalized spacial score (nSPS) is 15.6. The van der Waals surface area contributed by atoms with Crippen LogP contribution < -0.4 is 14.6 Å². The van der Waals surface area contributed by atoms with Crippen LogP contribution in [0.25, 0.3) is 11.3 Å². The van der Waals surface area contributed by atoms with Crippen molar-refractivity contribution in [2.24, 2.45) is 0 Å². The van der Waals surface area contributed by atoms with Gasteiger partial charge >= 0.3 is 11.7 Å². The zero-order valence-electron chi connectivity index (χ0n) is 13.8. The van der Waals surface area contributed by atoms with Crippen molar-refractivity contribution in [1.29, 1.82) is 0 Å². The summed E-state index contributed by atoms with van der Waals surface area (Å²) in [6.07, 6.45) is 4.15. The molecule has 1 atom stereocenters. The van der Waals surface area contributed by atoms with E-state index in [2.05, 4.69) is 10.3 Å². The molecule has 0 bridgehead atoms. The first-order chi connectivity index (χ1) is 12.2. The molecule has 25 heavy (non-hydrogen) atoms. The van der Waals surface area contributed by atoms with Crippen LogP contribution in [0, 0.1) is 0 Å². The molecule has 1 aromatic heterocycles. The molecule has 0 aliphatic carbocycles. The lowest BCUT2D eigenvalue weighted by Gasteiger charge is -2.03. The van der Waals surface area contributed by atoms with E-state index in [0.717, 1.165) is 28.4 Å². The van der Waals surface area contributed by atoms with Crippen molar-refractivity contribution < 1.29 is 14.1 Å². The lowest BCUT2D eigenvalue weighted by atomic mass is 10.1. The molecular formula is C20H18N3O2+. The molecule has 2 aromatic carbocycles. The van der Waals surface area contributed by atoms with E-state index in [1.807, 2.05) is 54.6 Å². The van der Waals surface area contributed by atoms with Gasteiger partial charge in [-0.15, -0.1) is 0 Å². The molecule has 1 N–H and O–H groups in total. The summed E-state index contributed by atoms with van der Waals surface area (Å²) in [7, 11) is 1.63. The Morgan fingerprint density at radius 1 is 1.12 bits per heavy atom. The summed E-state index contributed by atoms with van der Waals surface area (Å²) < 4.78 is 6.83. The maximum absolute atomic E-state index is 12.7. The molecule has 5 heteroatoms. The molecule has 124 valence electrons. The second-order valence-corrected chi connectivity index (χ2v) is 5.98. The van der Waals surface area contributed by atoms with Crippen molar-refractivity contribution in [2.75, 3.05) is 12.4 Å². The zero-order valence-corrected chi connectivity index (χ0v) is 13.8. The van der Waals surface area contributed by atoms with Gasteiger partial charge in [-0.2, -0.15) is 4.57 Å². The first kappa shape index (κ1) is 15.3. The van der Waals surface area contributed by atoms with Crippen LogP contribution in [0.15, 0.2) is 67.0 Å². The van der Waals surface area contributed by atoms with Gasteiger partial charge in [-0.1, -0.05) is 30.3 Å². The number of fused-ring (bicyclic) bond motifs is 1. The Labute approximate surface area is 145 Å². The summed E-state index contributed by atoms with van der Waals surface area (Å²) in [6.45, 7) is 0. The van der Waals surface area contributed by atoms with Gasteiger partial charge in [0.1, 0.15) is 23.8 Å². The number of rotatable bonds is 4. The number of nitrogens with zero attached hydrogens (tertiary/aromatic N) is 2. The molecule has 4 rings (SSSR count). The SMILES string of the molecule is COc1ccc(-c2c[n+]3c(cn2)NC(Cc2ccccc2)C3=O)cc1. The summed E-state index contributed by atoms with van der Waals surface area (Å²) in [5.74, 6) is 1.55. The van der Waals surface area contributed by atoms with Gasteiger partial charge in [-0.25, -0.2) is 9.78 Å². The predicted octanol–water partition coefficient (Wildman–Crippen LogP) is 2.72. The monoisotopic (exact) mass is 332 g/mol. The zero-order chi connectivity index (χ0) is 17.2. The molecule has 1 unspecified atom stereocenters. The van der Waals surface area contributed by atoms with Crippen LogP contribution in [0.3, 0.4) is 0 Å². The smallest absolute Gasteiger partial charge is 0.359 e. The van der Waals surface area contributed by atoms with E-state index in [4.69, 9.17) is 4.74 Å². The fourth-order valence-electron chi connectivity index (χ4n) is 3.01. The molecule has 0 amide bonds. The first-order valence-corrected chi connectivity index (χ1v) is 8.15. The van der Waals surface area contributed by atoms with E-state index in [0.29, 0.717) is 6.42 Å². The van der Waals surface area contributed by atoms with Crippen molar-refractivity contribution in [1.82, 2.24) is 4.98 Å². The number of carbonyl (C=O) groups excluding carboxylic acids is 1. The molecule has 0 saturated carbocycles. The number of methoxy groups -OCH3 is 1. The largest absolute Gasteiger partial charge is 0.497 e. The Balaban J connectivity index is 1.59. The highest BCUT2D eigenvalue weighted by molar-refractivity contribution is 5.82. The summed E-state index contributed by atoms with van der Waals surface area (Å²) in [6, 6.07) is 17.4. The van der Waals surface area contributed by atoms with Gasteiger partial charge in [-0.3, -0.25) is 5.32 Å². The van der Waals surface area contributed by atoms with E-state index >= 15 is 0 Å². The molecule has 0 fully saturated rings. The van der Waals surface area contributed by atoms with Crippen molar-refractivity contribution in [3.05, 3.63) is 72.6 Å². The number of nitrogens with one attached hydrogen (secondary N) is 1. The molecule has 0 spiro atoms. The summed E-state index contributed by atoms with van der Waals surface area (Å²) in [4.78, 5) is 17.2. The summed E-state index contributed by atoms with van der Waals surface area (Å²) in [5, 5.41) is 3.26. The minimum Gasteiger partial charge on any atom is -0.497 e. The van der Waals surface area contributed by atoms with Crippen LogP contribution in [0.4, 0.5) is 5.82 Å². The van der Waals surface area contributed by atoms with Crippen LogP contribution in [-0.2, 0) is 6.42 Å². The van der Waals surface area contributed by atoms with Crippen LogP contribution in [0.1, 0.15) is 10.4 Å². The standard InChI is InChI=1S/C20H17N3O2/c1-25-16-9-7-15(8-10-16)18-13-23-19(12-21-18)22-17(20(23)24)11-14-5-3-2-4-6-14/h2-10,12-13,17H,11H2,1H3/p+1. The quantitative estimate of drug-likeness (QED) is 0.747. The Morgan fingerprint density at radius 2 is 1.88 bits per heavy atom. The van der Waals surface area contributed by atoms with Crippen LogP contribution in [0.5, 0.6) is 5.75 Å². The van der Waals surface area contributed by atoms with Gasteiger partial charge in [-0.05, 0) is 29.8 Å². The number of ether oxygens (including phenoxy) is 1. The Hall–Kier alpha value is -3.21. The second kappa shape index (κ2) is 6.36. The van der Waals surface area contributed by atoms with Gasteiger partial charge in [0.05, 0.1) is 7.11 Å². The van der Waals surface area contributed by atoms with E-state index in [-0.39, 0.29) is 11.9 Å². The van der Waals surface area contributed by atoms with E-state index < -0.39 is 0 Å². The number of aromatic nitrogens is 2. The highest BCUT2D eigenvalue weighted by Gasteiger charge is 2.38. The Kier molecular flexibility index (Phi) is 3.90. The molecule has 2 heterocycles. The molecule has 3 aromatic rings. The first-order valence-electron chi connectivity index (χ1n) is 8.15. The Bertz CT molecular complexity index is 908. The van der Waals surface area contributed by atoms with Gasteiger partial charge < -0.3 is 4.74 Å². The van der Waals surface area contributed by atoms with Gasteiger partial charge in [0.2, 0.25) is 0 Å². The van der Waals surface area contributed by atoms with E-state index in [1.165, 1.54) is 0 Å². The predicted molar refractivity (Wildman–Crippen MR) is 94.6 cm³/mol. The van der Waals surface area contributed by atoms with Crippen LogP contribution >= 0.6 is 0 Å². The fourth-order valence-corrected chi connectivity index (χ4v) is 3.01. The minimum atomic E-state index is -0.268. The van der Waals surface area contributed by atoms with Crippen molar-refractivity contribution >= 4 is 11.7 Å². The van der Waals surface area contributed by atoms with Gasteiger partial charge in [0, 0.05) is 12.0 Å². The topological polar surface area (TPSA) is 55.1 Å². The number of hydrogen-bond acceptors (Lipinski definition) is 4. The molecule has 0 radical (unpaired) electrons. The van der Waals surface area contributed by atoms with Gasteiger partial charge in [0.15, 0.2) is 6.04 Å². The molecule has 1 aliphatic rings. The van der Waals surface area contributed by atoms with Crippen molar-refractivity contribution in [3.8, 4) is 17.0 Å². The third kappa shape index (κ3) is 2.96. The Morgan fingerprint density at radius 3 is 2.60 bits per heavy atom. The fraction of sp³-hybridized carbons (Fsp3) is 0.150. The molecule has 1 aliphatic heterocycles. The molecule has 5 nitrogen and oxygen atoms in total. The number of benzene rings is 2. The third-order valence-electron chi connectivity index (χ3n) is 4.36. The molecule has 0 saturated heterocycles. The third-order valence-corrected chi connectivity index (χ3v) is 4.36. The maximum Gasteiger partial charge on any atom is 0.359 e. The number of carbonyl (C=O) groups is 1. The second-order valence-electron chi connectivity index (χ2n) is 5.98. The maximum atomic E-state index is 12.7. The van der Waals surface area contributed by atoms with E-state index in [1.54, 1.807) is 24.1 Å². The minimum absolute atomic E-state index is 0.0380. The summed E-state index contributed by atoms with van der Waals surface area (Å²) in [5.41, 5.74) is 2.82. The molecular weight excluding hydrogens is 314 g/mol. The summed E-state index contributed by atoms with van der Waals surface area (Å²) >= 11 is 0. The van der Waals surface area contributed by atoms with E-state index in [9.17, 15) is 4.79 Å². The number of anilines is 1. The van der Waals surface area contributed by atoms with Crippen LogP contribution in [-0.4, -0.2) is 24.0 Å². The van der Waals surface area contributed by atoms with Gasteiger partial charge in [0.25, 0.3) is 0 Å². The van der Waals surface area contributed by atoms with Crippen molar-refractivity contribution in [2.45, 2.75) is 12.5 Å². The average molecular weight is 332 g/mol. The van der Waals surface area contributed by atoms with Crippen molar-refractivity contribution in [3.63, 3.8) is 0 Å². The number of hydrogen-bond donors (Lipinski definition) is 1. The van der Waals surface area contributed by atoms with Crippen LogP contribution in [0.2, 0.25) is 0 Å². The highest BCUT2D eigenvalue weighted by atomic mass is 16.5.